The summed E-state index contributed by atoms with van der Waals surface area (Å²) in [5.41, 5.74) is 7.38. The van der Waals surface area contributed by atoms with E-state index < -0.39 is 6.04 Å². The maximum atomic E-state index is 11.9. The van der Waals surface area contributed by atoms with Gasteiger partial charge in [0.2, 0.25) is 0 Å². The molecule has 1 unspecified atom stereocenters. The first-order valence-electron chi connectivity index (χ1n) is 5.36. The lowest BCUT2D eigenvalue weighted by Gasteiger charge is -2.09. The lowest BCUT2D eigenvalue weighted by Crippen LogP contribution is -2.32. The molecule has 2 rings (SSSR count). The monoisotopic (exact) mass is 227 g/mol. The zero-order valence-corrected chi connectivity index (χ0v) is 9.28. The largest absolute Gasteiger partial charge is 0.321 e. The van der Waals surface area contributed by atoms with E-state index in [1.165, 1.54) is 18.7 Å². The van der Waals surface area contributed by atoms with E-state index in [0.717, 1.165) is 5.56 Å². The van der Waals surface area contributed by atoms with E-state index in [9.17, 15) is 4.79 Å². The summed E-state index contributed by atoms with van der Waals surface area (Å²) in [4.78, 5) is 19.6. The average molecular weight is 227 g/mol. The number of carbonyl (C=O) groups excluding carboxylic acids is 1. The fourth-order valence-corrected chi connectivity index (χ4v) is 1.60. The van der Waals surface area contributed by atoms with Crippen LogP contribution in [0.1, 0.15) is 15.9 Å². The van der Waals surface area contributed by atoms with Crippen molar-refractivity contribution in [2.45, 2.75) is 12.5 Å². The predicted molar refractivity (Wildman–Crippen MR) is 64.5 cm³/mol. The normalized spacial score (nSPS) is 12.1. The lowest BCUT2D eigenvalue weighted by molar-refractivity contribution is 0.0960. The van der Waals surface area contributed by atoms with E-state index in [0.29, 0.717) is 12.0 Å². The van der Waals surface area contributed by atoms with Crippen LogP contribution in [0, 0.1) is 0 Å². The smallest absolute Gasteiger partial charge is 0.182 e. The second-order valence-corrected chi connectivity index (χ2v) is 3.79. The Morgan fingerprint density at radius 2 is 1.82 bits per heavy atom. The topological polar surface area (TPSA) is 68.9 Å². The highest BCUT2D eigenvalue weighted by Crippen LogP contribution is 2.06. The molecule has 1 atom stereocenters. The number of ketones is 1. The molecular formula is C13H13N3O. The van der Waals surface area contributed by atoms with Crippen molar-refractivity contribution in [3.05, 3.63) is 60.2 Å². The van der Waals surface area contributed by atoms with E-state index >= 15 is 0 Å². The van der Waals surface area contributed by atoms with Gasteiger partial charge in [-0.05, 0) is 12.0 Å². The van der Waals surface area contributed by atoms with Crippen LogP contribution in [0.25, 0.3) is 0 Å². The maximum absolute atomic E-state index is 11.9. The van der Waals surface area contributed by atoms with Gasteiger partial charge in [0, 0.05) is 12.4 Å². The Hall–Kier alpha value is -2.07. The predicted octanol–water partition coefficient (Wildman–Crippen LogP) is 1.23. The van der Waals surface area contributed by atoms with Gasteiger partial charge in [-0.3, -0.25) is 4.79 Å². The number of hydrogen-bond donors (Lipinski definition) is 1. The van der Waals surface area contributed by atoms with Crippen molar-refractivity contribution in [2.75, 3.05) is 0 Å². The number of Topliss-reactive ketones (excluding diaryl/α,β-unsaturated/α-hetero) is 1. The molecule has 0 aliphatic carbocycles. The molecular weight excluding hydrogens is 214 g/mol. The summed E-state index contributed by atoms with van der Waals surface area (Å²) in [6.07, 6.45) is 4.88. The number of nitrogens with zero attached hydrogens (tertiary/aromatic N) is 2. The van der Waals surface area contributed by atoms with Crippen LogP contribution in [0.2, 0.25) is 0 Å². The van der Waals surface area contributed by atoms with E-state index in [2.05, 4.69) is 9.97 Å². The van der Waals surface area contributed by atoms with Gasteiger partial charge in [-0.2, -0.15) is 0 Å². The summed E-state index contributed by atoms with van der Waals surface area (Å²) >= 11 is 0. The summed E-state index contributed by atoms with van der Waals surface area (Å²) in [6.45, 7) is 0. The molecule has 1 aromatic heterocycles. The van der Waals surface area contributed by atoms with Gasteiger partial charge in [-0.25, -0.2) is 9.97 Å². The van der Waals surface area contributed by atoms with Crippen molar-refractivity contribution >= 4 is 5.78 Å². The van der Waals surface area contributed by atoms with Crippen LogP contribution in [-0.2, 0) is 6.42 Å². The summed E-state index contributed by atoms with van der Waals surface area (Å²) in [5, 5.41) is 0. The van der Waals surface area contributed by atoms with Crippen LogP contribution >= 0.6 is 0 Å². The summed E-state index contributed by atoms with van der Waals surface area (Å²) in [5.74, 6) is -0.130. The molecule has 0 radical (unpaired) electrons. The number of hydrogen-bond acceptors (Lipinski definition) is 4. The molecule has 1 heterocycles. The molecule has 0 bridgehead atoms. The Labute approximate surface area is 99.5 Å². The molecule has 4 nitrogen and oxygen atoms in total. The third kappa shape index (κ3) is 2.95. The first-order valence-corrected chi connectivity index (χ1v) is 5.36. The quantitative estimate of drug-likeness (QED) is 0.797. The Morgan fingerprint density at radius 3 is 2.47 bits per heavy atom. The van der Waals surface area contributed by atoms with E-state index in [1.54, 1.807) is 0 Å². The minimum Gasteiger partial charge on any atom is -0.321 e. The number of aromatic nitrogens is 2. The molecule has 2 N–H and O–H groups in total. The summed E-state index contributed by atoms with van der Waals surface area (Å²) in [6, 6.07) is 9.14. The van der Waals surface area contributed by atoms with Crippen LogP contribution in [-0.4, -0.2) is 21.8 Å². The molecule has 17 heavy (non-hydrogen) atoms. The molecule has 86 valence electrons. The van der Waals surface area contributed by atoms with Gasteiger partial charge in [0.15, 0.2) is 5.78 Å². The van der Waals surface area contributed by atoms with Crippen molar-refractivity contribution < 1.29 is 4.79 Å². The van der Waals surface area contributed by atoms with Gasteiger partial charge in [0.25, 0.3) is 0 Å². The fourth-order valence-electron chi connectivity index (χ4n) is 1.60. The first-order chi connectivity index (χ1) is 8.27. The standard InChI is InChI=1S/C13H13N3O/c14-12(6-10-4-2-1-3-5-10)13(17)11-7-15-9-16-8-11/h1-5,7-9,12H,6,14H2. The van der Waals surface area contributed by atoms with Gasteiger partial charge in [0.05, 0.1) is 11.6 Å². The molecule has 0 saturated carbocycles. The molecule has 0 aliphatic rings. The number of carbonyl (C=O) groups is 1. The van der Waals surface area contributed by atoms with Gasteiger partial charge < -0.3 is 5.73 Å². The van der Waals surface area contributed by atoms with Gasteiger partial charge in [-0.15, -0.1) is 0 Å². The number of benzene rings is 1. The first kappa shape index (κ1) is 11.4. The lowest BCUT2D eigenvalue weighted by atomic mass is 10.0. The third-order valence-corrected chi connectivity index (χ3v) is 2.48. The second kappa shape index (κ2) is 5.32. The highest BCUT2D eigenvalue weighted by Gasteiger charge is 2.16. The SMILES string of the molecule is NC(Cc1ccccc1)C(=O)c1cncnc1. The van der Waals surface area contributed by atoms with E-state index in [-0.39, 0.29) is 5.78 Å². The molecule has 0 saturated heterocycles. The van der Waals surface area contributed by atoms with Crippen LogP contribution in [0.3, 0.4) is 0 Å². The molecule has 0 fully saturated rings. The van der Waals surface area contributed by atoms with Crippen molar-refractivity contribution in [3.8, 4) is 0 Å². The van der Waals surface area contributed by atoms with Crippen LogP contribution in [0.15, 0.2) is 49.1 Å². The highest BCUT2D eigenvalue weighted by atomic mass is 16.1. The zero-order valence-electron chi connectivity index (χ0n) is 9.28. The number of nitrogens with two attached hydrogens (primary N) is 1. The van der Waals surface area contributed by atoms with Gasteiger partial charge in [-0.1, -0.05) is 30.3 Å². The van der Waals surface area contributed by atoms with Crippen molar-refractivity contribution in [2.24, 2.45) is 5.73 Å². The summed E-state index contributed by atoms with van der Waals surface area (Å²) < 4.78 is 0. The van der Waals surface area contributed by atoms with Gasteiger partial charge in [0.1, 0.15) is 6.33 Å². The molecule has 2 aromatic rings. The Balaban J connectivity index is 2.06. The number of rotatable bonds is 4. The zero-order chi connectivity index (χ0) is 12.1. The Morgan fingerprint density at radius 1 is 1.18 bits per heavy atom. The summed E-state index contributed by atoms with van der Waals surface area (Å²) in [7, 11) is 0. The van der Waals surface area contributed by atoms with Crippen molar-refractivity contribution in [1.29, 1.82) is 0 Å². The minimum absolute atomic E-state index is 0.130. The van der Waals surface area contributed by atoms with Crippen molar-refractivity contribution in [1.82, 2.24) is 9.97 Å². The third-order valence-electron chi connectivity index (χ3n) is 2.48. The maximum Gasteiger partial charge on any atom is 0.182 e. The molecule has 1 aromatic carbocycles. The van der Waals surface area contributed by atoms with Crippen LogP contribution < -0.4 is 5.73 Å². The molecule has 0 spiro atoms. The van der Waals surface area contributed by atoms with Crippen molar-refractivity contribution in [3.63, 3.8) is 0 Å². The van der Waals surface area contributed by atoms with E-state index in [4.69, 9.17) is 5.73 Å². The Kier molecular flexibility index (Phi) is 3.57. The second-order valence-electron chi connectivity index (χ2n) is 3.79. The fraction of sp³-hybridized carbons (Fsp3) is 0.154. The Bertz CT molecular complexity index is 485. The van der Waals surface area contributed by atoms with Crippen LogP contribution in [0.5, 0.6) is 0 Å². The highest BCUT2D eigenvalue weighted by molar-refractivity contribution is 5.99. The molecule has 4 heteroatoms. The molecule has 0 aliphatic heterocycles. The average Bonchev–Trinajstić information content (AvgIpc) is 2.40. The van der Waals surface area contributed by atoms with E-state index in [1.807, 2.05) is 30.3 Å². The minimum atomic E-state index is -0.552. The van der Waals surface area contributed by atoms with Gasteiger partial charge >= 0.3 is 0 Å². The molecule has 0 amide bonds. The van der Waals surface area contributed by atoms with Crippen LogP contribution in [0.4, 0.5) is 0 Å².